The van der Waals surface area contributed by atoms with E-state index >= 15 is 0 Å². The molecule has 0 saturated carbocycles. The van der Waals surface area contributed by atoms with Crippen LogP contribution in [0.5, 0.6) is 5.75 Å². The number of nitrogens with zero attached hydrogens (tertiary/aromatic N) is 2. The van der Waals surface area contributed by atoms with Gasteiger partial charge in [0, 0.05) is 18.2 Å². The summed E-state index contributed by atoms with van der Waals surface area (Å²) in [5, 5.41) is 7.73. The lowest BCUT2D eigenvalue weighted by molar-refractivity contribution is -0.116. The van der Waals surface area contributed by atoms with Crippen LogP contribution in [0.1, 0.15) is 32.7 Å². The van der Waals surface area contributed by atoms with Gasteiger partial charge < -0.3 is 14.8 Å². The number of hydrogen-bond acceptors (Lipinski definition) is 5. The van der Waals surface area contributed by atoms with Crippen LogP contribution >= 0.6 is 11.6 Å². The predicted molar refractivity (Wildman–Crippen MR) is 123 cm³/mol. The molecule has 0 saturated heterocycles. The minimum atomic E-state index is -0.507. The van der Waals surface area contributed by atoms with E-state index < -0.39 is 5.97 Å². The first-order valence-electron chi connectivity index (χ1n) is 9.91. The Kier molecular flexibility index (Phi) is 7.68. The molecule has 1 N–H and O–H groups in total. The van der Waals surface area contributed by atoms with E-state index in [-0.39, 0.29) is 12.5 Å². The number of hydrogen-bond donors (Lipinski definition) is 1. The first kappa shape index (κ1) is 23.1. The van der Waals surface area contributed by atoms with Gasteiger partial charge >= 0.3 is 5.97 Å². The second kappa shape index (κ2) is 10.6. The third-order valence-electron chi connectivity index (χ3n) is 4.82. The molecule has 7 nitrogen and oxygen atoms in total. The molecule has 1 heterocycles. The minimum absolute atomic E-state index is 0.233. The third-order valence-corrected chi connectivity index (χ3v) is 5.22. The second-order valence-corrected chi connectivity index (χ2v) is 7.37. The zero-order chi connectivity index (χ0) is 23.1. The van der Waals surface area contributed by atoms with Crippen molar-refractivity contribution >= 4 is 29.6 Å². The Bertz CT molecular complexity index is 1140. The van der Waals surface area contributed by atoms with Gasteiger partial charge in [0.15, 0.2) is 0 Å². The maximum atomic E-state index is 12.3. The van der Waals surface area contributed by atoms with Gasteiger partial charge in [0.05, 0.1) is 26.5 Å². The fourth-order valence-corrected chi connectivity index (χ4v) is 3.46. The molecule has 8 heteroatoms. The Morgan fingerprint density at radius 1 is 1.12 bits per heavy atom. The van der Waals surface area contributed by atoms with Crippen LogP contribution in [0.15, 0.2) is 54.6 Å². The third kappa shape index (κ3) is 5.56. The summed E-state index contributed by atoms with van der Waals surface area (Å²) >= 11 is 6.49. The highest BCUT2D eigenvalue weighted by Gasteiger charge is 2.14. The molecule has 3 rings (SSSR count). The fraction of sp³-hybridized carbons (Fsp3) is 0.208. The van der Waals surface area contributed by atoms with Gasteiger partial charge in [-0.1, -0.05) is 48.0 Å². The van der Waals surface area contributed by atoms with Crippen LogP contribution in [-0.4, -0.2) is 35.9 Å². The maximum absolute atomic E-state index is 12.3. The molecule has 0 atom stereocenters. The van der Waals surface area contributed by atoms with E-state index in [0.717, 1.165) is 16.8 Å². The normalized spacial score (nSPS) is 10.9. The van der Waals surface area contributed by atoms with Gasteiger partial charge in [0.1, 0.15) is 16.5 Å². The predicted octanol–water partition coefficient (Wildman–Crippen LogP) is 4.02. The lowest BCUT2D eigenvalue weighted by Crippen LogP contribution is -2.20. The van der Waals surface area contributed by atoms with Gasteiger partial charge in [-0.3, -0.25) is 4.79 Å². The Balaban J connectivity index is 1.65. The Morgan fingerprint density at radius 2 is 1.88 bits per heavy atom. The Morgan fingerprint density at radius 3 is 2.56 bits per heavy atom. The first-order chi connectivity index (χ1) is 15.4. The van der Waals surface area contributed by atoms with Gasteiger partial charge in [-0.2, -0.15) is 5.10 Å². The lowest BCUT2D eigenvalue weighted by atomic mass is 10.1. The smallest absolute Gasteiger partial charge is 0.341 e. The molecule has 0 unspecified atom stereocenters. The van der Waals surface area contributed by atoms with Crippen molar-refractivity contribution in [2.75, 3.05) is 14.2 Å². The molecular weight excluding hydrogens is 430 g/mol. The molecular formula is C24H24ClN3O4. The maximum Gasteiger partial charge on any atom is 0.341 e. The van der Waals surface area contributed by atoms with Gasteiger partial charge in [0.25, 0.3) is 0 Å². The van der Waals surface area contributed by atoms with E-state index in [1.807, 2.05) is 37.3 Å². The molecule has 0 aliphatic heterocycles. The highest BCUT2D eigenvalue weighted by molar-refractivity contribution is 6.31. The molecule has 3 aromatic rings. The summed E-state index contributed by atoms with van der Waals surface area (Å²) in [6.07, 6.45) is 3.06. The van der Waals surface area contributed by atoms with Crippen LogP contribution in [0.3, 0.4) is 0 Å². The monoisotopic (exact) mass is 453 g/mol. The molecule has 0 bridgehead atoms. The Labute approximate surface area is 191 Å². The van der Waals surface area contributed by atoms with Crippen molar-refractivity contribution in [1.82, 2.24) is 15.1 Å². The van der Waals surface area contributed by atoms with Crippen LogP contribution in [0, 0.1) is 6.92 Å². The van der Waals surface area contributed by atoms with E-state index in [1.54, 1.807) is 29.0 Å². The first-order valence-corrected chi connectivity index (χ1v) is 10.3. The van der Waals surface area contributed by atoms with Crippen molar-refractivity contribution in [3.8, 4) is 5.75 Å². The molecule has 0 radical (unpaired) electrons. The summed E-state index contributed by atoms with van der Waals surface area (Å²) in [5.41, 5.74) is 3.53. The summed E-state index contributed by atoms with van der Waals surface area (Å²) in [5.74, 6) is -0.399. The number of nitrogens with one attached hydrogen (secondary N) is 1. The summed E-state index contributed by atoms with van der Waals surface area (Å²) < 4.78 is 11.7. The molecule has 2 aromatic carbocycles. The number of halogens is 1. The number of amides is 1. The molecule has 32 heavy (non-hydrogen) atoms. The molecule has 1 amide bonds. The van der Waals surface area contributed by atoms with E-state index in [1.165, 1.54) is 20.3 Å². The summed E-state index contributed by atoms with van der Waals surface area (Å²) in [6.45, 7) is 2.62. The number of rotatable bonds is 8. The quantitative estimate of drug-likeness (QED) is 0.411. The number of methoxy groups -OCH3 is 2. The van der Waals surface area contributed by atoms with Gasteiger partial charge in [-0.05, 0) is 36.3 Å². The van der Waals surface area contributed by atoms with Crippen molar-refractivity contribution in [1.29, 1.82) is 0 Å². The molecule has 0 aliphatic carbocycles. The zero-order valence-electron chi connectivity index (χ0n) is 18.1. The van der Waals surface area contributed by atoms with Crippen LogP contribution < -0.4 is 10.1 Å². The highest BCUT2D eigenvalue weighted by Crippen LogP contribution is 2.23. The second-order valence-electron chi connectivity index (χ2n) is 7.01. The highest BCUT2D eigenvalue weighted by atomic mass is 35.5. The van der Waals surface area contributed by atoms with Crippen molar-refractivity contribution in [3.05, 3.63) is 87.7 Å². The van der Waals surface area contributed by atoms with Crippen molar-refractivity contribution in [2.24, 2.45) is 0 Å². The van der Waals surface area contributed by atoms with Crippen molar-refractivity contribution < 1.29 is 19.1 Å². The van der Waals surface area contributed by atoms with Gasteiger partial charge in [0.2, 0.25) is 5.91 Å². The van der Waals surface area contributed by atoms with Gasteiger partial charge in [-0.25, -0.2) is 9.48 Å². The van der Waals surface area contributed by atoms with Crippen molar-refractivity contribution in [2.45, 2.75) is 20.0 Å². The molecule has 166 valence electrons. The molecule has 0 fully saturated rings. The number of esters is 1. The summed E-state index contributed by atoms with van der Waals surface area (Å²) in [6, 6.07) is 14.9. The fourth-order valence-electron chi connectivity index (χ4n) is 3.16. The number of ether oxygens (including phenoxy) is 2. The van der Waals surface area contributed by atoms with E-state index in [9.17, 15) is 9.59 Å². The van der Waals surface area contributed by atoms with E-state index in [2.05, 4.69) is 10.4 Å². The summed E-state index contributed by atoms with van der Waals surface area (Å²) in [7, 11) is 2.78. The number of aryl methyl sites for hydroxylation is 1. The van der Waals surface area contributed by atoms with Gasteiger partial charge in [-0.15, -0.1) is 0 Å². The Hall–Kier alpha value is -3.58. The average molecular weight is 454 g/mol. The van der Waals surface area contributed by atoms with Crippen LogP contribution in [-0.2, 0) is 22.6 Å². The number of carbonyl (C=O) groups is 2. The number of benzene rings is 2. The number of carbonyl (C=O) groups excluding carboxylic acids is 2. The largest absolute Gasteiger partial charge is 0.496 e. The standard InChI is InChI=1S/C24H24ClN3O4/c1-16-19(23(25)28(27-16)15-17-7-5-4-6-8-17)10-12-22(29)26-14-18-9-11-21(31-2)20(13-18)24(30)32-3/h4-13H,14-15H2,1-3H3,(H,26,29). The van der Waals surface area contributed by atoms with Crippen molar-refractivity contribution in [3.63, 3.8) is 0 Å². The topological polar surface area (TPSA) is 82.5 Å². The average Bonchev–Trinajstić information content (AvgIpc) is 3.08. The van der Waals surface area contributed by atoms with E-state index in [4.69, 9.17) is 21.1 Å². The van der Waals surface area contributed by atoms with Crippen LogP contribution in [0.2, 0.25) is 5.15 Å². The molecule has 0 spiro atoms. The number of aromatic nitrogens is 2. The SMILES string of the molecule is COC(=O)c1cc(CNC(=O)C=Cc2c(C)nn(Cc3ccccc3)c2Cl)ccc1OC. The molecule has 0 aliphatic rings. The zero-order valence-corrected chi connectivity index (χ0v) is 18.8. The van der Waals surface area contributed by atoms with E-state index in [0.29, 0.717) is 28.6 Å². The van der Waals surface area contributed by atoms with Crippen LogP contribution in [0.25, 0.3) is 6.08 Å². The molecule has 1 aromatic heterocycles. The van der Waals surface area contributed by atoms with Crippen LogP contribution in [0.4, 0.5) is 0 Å². The lowest BCUT2D eigenvalue weighted by Gasteiger charge is -2.09. The minimum Gasteiger partial charge on any atom is -0.496 e. The summed E-state index contributed by atoms with van der Waals surface area (Å²) in [4.78, 5) is 24.2.